The highest BCUT2D eigenvalue weighted by Gasteiger charge is 2.27. The van der Waals surface area contributed by atoms with Gasteiger partial charge < -0.3 is 15.1 Å². The van der Waals surface area contributed by atoms with E-state index in [4.69, 9.17) is 0 Å². The molecule has 0 atom stereocenters. The molecule has 7 nitrogen and oxygen atoms in total. The Morgan fingerprint density at radius 2 is 1.63 bits per heavy atom. The summed E-state index contributed by atoms with van der Waals surface area (Å²) in [7, 11) is 0. The normalized spacial score (nSPS) is 15.5. The quantitative estimate of drug-likeness (QED) is 0.575. The average molecular weight is 488 g/mol. The van der Waals surface area contributed by atoms with E-state index in [1.54, 1.807) is 40.9 Å². The van der Waals surface area contributed by atoms with Crippen LogP contribution in [0.4, 0.5) is 21.9 Å². The highest BCUT2D eigenvalue weighted by atomic mass is 32.2. The Kier molecular flexibility index (Phi) is 6.63. The van der Waals surface area contributed by atoms with Gasteiger partial charge in [-0.15, -0.1) is 11.8 Å². The Morgan fingerprint density at radius 1 is 0.914 bits per heavy atom. The van der Waals surface area contributed by atoms with Crippen LogP contribution in [0, 0.1) is 13.8 Å². The summed E-state index contributed by atoms with van der Waals surface area (Å²) >= 11 is 1.68. The van der Waals surface area contributed by atoms with E-state index in [2.05, 4.69) is 27.3 Å². The molecule has 0 unspecified atom stereocenters. The first-order valence-corrected chi connectivity index (χ1v) is 12.9. The van der Waals surface area contributed by atoms with Crippen molar-refractivity contribution in [2.75, 3.05) is 53.6 Å². The lowest BCUT2D eigenvalue weighted by atomic mass is 10.1. The zero-order chi connectivity index (χ0) is 24.4. The van der Waals surface area contributed by atoms with Gasteiger partial charge in [0.15, 0.2) is 0 Å². The number of nitrogens with zero attached hydrogens (tertiary/aromatic N) is 4. The van der Waals surface area contributed by atoms with Crippen LogP contribution in [0.5, 0.6) is 0 Å². The minimum Gasteiger partial charge on any atom is -0.368 e. The number of urea groups is 1. The fourth-order valence-corrected chi connectivity index (χ4v) is 5.73. The van der Waals surface area contributed by atoms with Gasteiger partial charge in [-0.25, -0.2) is 9.78 Å². The number of piperazine rings is 1. The number of aromatic nitrogens is 1. The summed E-state index contributed by atoms with van der Waals surface area (Å²) in [5.74, 6) is 0.830. The summed E-state index contributed by atoms with van der Waals surface area (Å²) in [6.07, 6.45) is 0. The lowest BCUT2D eigenvalue weighted by Crippen LogP contribution is -2.48. The Balaban J connectivity index is 1.21. The minimum absolute atomic E-state index is 0.0228. The molecule has 5 rings (SSSR count). The van der Waals surface area contributed by atoms with Crippen molar-refractivity contribution in [3.8, 4) is 0 Å². The maximum Gasteiger partial charge on any atom is 0.326 e. The van der Waals surface area contributed by atoms with Gasteiger partial charge in [-0.3, -0.25) is 9.69 Å². The van der Waals surface area contributed by atoms with Crippen LogP contribution in [0.1, 0.15) is 21.6 Å². The molecule has 0 aliphatic carbocycles. The largest absolute Gasteiger partial charge is 0.368 e. The summed E-state index contributed by atoms with van der Waals surface area (Å²) in [5, 5.41) is 3.88. The van der Waals surface area contributed by atoms with Crippen molar-refractivity contribution in [1.29, 1.82) is 0 Å². The summed E-state index contributed by atoms with van der Waals surface area (Å²) in [5.41, 5.74) is 5.37. The Labute approximate surface area is 210 Å². The third-order valence-electron chi connectivity index (χ3n) is 6.42. The number of para-hydroxylation sites is 1. The third-order valence-corrected chi connectivity index (χ3v) is 7.36. The van der Waals surface area contributed by atoms with Crippen molar-refractivity contribution in [2.24, 2.45) is 0 Å². The number of nitrogens with one attached hydrogen (secondary N) is 1. The number of anilines is 3. The molecule has 0 radical (unpaired) electrons. The zero-order valence-corrected chi connectivity index (χ0v) is 20.8. The van der Waals surface area contributed by atoms with Gasteiger partial charge in [-0.2, -0.15) is 0 Å². The third kappa shape index (κ3) is 4.98. The van der Waals surface area contributed by atoms with Gasteiger partial charge in [0, 0.05) is 61.1 Å². The van der Waals surface area contributed by atoms with Crippen LogP contribution in [0.2, 0.25) is 0 Å². The van der Waals surface area contributed by atoms with Crippen molar-refractivity contribution in [2.45, 2.75) is 18.9 Å². The maximum absolute atomic E-state index is 13.1. The van der Waals surface area contributed by atoms with E-state index < -0.39 is 0 Å². The number of carbonyl (C=O) groups excluding carboxylic acids is 2. The van der Waals surface area contributed by atoms with Crippen molar-refractivity contribution < 1.29 is 9.59 Å². The molecule has 2 aliphatic heterocycles. The second-order valence-corrected chi connectivity index (χ2v) is 9.94. The van der Waals surface area contributed by atoms with Gasteiger partial charge in [0.05, 0.1) is 5.69 Å². The van der Waals surface area contributed by atoms with E-state index >= 15 is 0 Å². The Bertz CT molecular complexity index is 1220. The second-order valence-electron chi connectivity index (χ2n) is 8.86. The van der Waals surface area contributed by atoms with Crippen LogP contribution < -0.4 is 15.1 Å². The first kappa shape index (κ1) is 23.2. The van der Waals surface area contributed by atoms with Gasteiger partial charge in [0.1, 0.15) is 5.03 Å². The van der Waals surface area contributed by atoms with Gasteiger partial charge >= 0.3 is 6.03 Å². The number of pyridine rings is 1. The topological polar surface area (TPSA) is 68.8 Å². The molecule has 1 aromatic heterocycles. The monoisotopic (exact) mass is 487 g/mol. The first-order chi connectivity index (χ1) is 17.0. The fraction of sp³-hybridized carbons (Fsp3) is 0.296. The molecule has 3 aromatic rings. The summed E-state index contributed by atoms with van der Waals surface area (Å²) in [6.45, 7) is 7.61. The van der Waals surface area contributed by atoms with Gasteiger partial charge in [0.2, 0.25) is 0 Å². The molecule has 0 saturated carbocycles. The number of benzene rings is 2. The molecule has 2 aromatic carbocycles. The standard InChI is InChI=1S/C27H29N5O2S/c1-19-18-20(2)28-25-24(19)32(16-17-35-25)27(34)29-22-10-8-21(9-11-22)26(33)31-14-12-30(13-15-31)23-6-4-3-5-7-23/h3-11,18H,12-17H2,1-2H3,(H,29,34). The number of aryl methyl sites for hydroxylation is 2. The van der Waals surface area contributed by atoms with Crippen molar-refractivity contribution in [3.63, 3.8) is 0 Å². The van der Waals surface area contributed by atoms with E-state index in [-0.39, 0.29) is 11.9 Å². The summed E-state index contributed by atoms with van der Waals surface area (Å²) < 4.78 is 0. The van der Waals surface area contributed by atoms with Crippen LogP contribution in [0.15, 0.2) is 65.7 Å². The SMILES string of the molecule is Cc1cc(C)c2c(n1)SCCN2C(=O)Nc1ccc(C(=O)N2CCN(c3ccccc3)CC2)cc1. The van der Waals surface area contributed by atoms with E-state index in [1.807, 2.05) is 43.0 Å². The van der Waals surface area contributed by atoms with Crippen LogP contribution >= 0.6 is 11.8 Å². The van der Waals surface area contributed by atoms with Crippen LogP contribution in [-0.4, -0.2) is 60.3 Å². The summed E-state index contributed by atoms with van der Waals surface area (Å²) in [4.78, 5) is 36.7. The van der Waals surface area contributed by atoms with E-state index in [0.717, 1.165) is 40.8 Å². The molecule has 2 aliphatic rings. The number of fused-ring (bicyclic) bond motifs is 1. The molecule has 180 valence electrons. The van der Waals surface area contributed by atoms with E-state index in [9.17, 15) is 9.59 Å². The number of rotatable bonds is 3. The van der Waals surface area contributed by atoms with Gasteiger partial charge in [-0.1, -0.05) is 18.2 Å². The molecule has 8 heteroatoms. The van der Waals surface area contributed by atoms with Crippen LogP contribution in [-0.2, 0) is 0 Å². The lowest BCUT2D eigenvalue weighted by Gasteiger charge is -2.36. The van der Waals surface area contributed by atoms with Crippen molar-refractivity contribution in [1.82, 2.24) is 9.88 Å². The molecule has 0 spiro atoms. The van der Waals surface area contributed by atoms with Crippen LogP contribution in [0.25, 0.3) is 0 Å². The van der Waals surface area contributed by atoms with Gasteiger partial charge in [-0.05, 0) is 61.9 Å². The molecule has 0 bridgehead atoms. The minimum atomic E-state index is -0.184. The molecular weight excluding hydrogens is 458 g/mol. The van der Waals surface area contributed by atoms with E-state index in [1.165, 1.54) is 5.69 Å². The highest BCUT2D eigenvalue weighted by molar-refractivity contribution is 7.99. The fourth-order valence-electron chi connectivity index (χ4n) is 4.65. The summed E-state index contributed by atoms with van der Waals surface area (Å²) in [6, 6.07) is 19.3. The average Bonchev–Trinajstić information content (AvgIpc) is 2.89. The highest BCUT2D eigenvalue weighted by Crippen LogP contribution is 2.36. The van der Waals surface area contributed by atoms with Gasteiger partial charge in [0.25, 0.3) is 5.91 Å². The molecule has 35 heavy (non-hydrogen) atoms. The number of carbonyl (C=O) groups is 2. The molecule has 1 fully saturated rings. The Hall–Kier alpha value is -3.52. The molecule has 3 heterocycles. The number of thioether (sulfide) groups is 1. The molecular formula is C27H29N5O2S. The lowest BCUT2D eigenvalue weighted by molar-refractivity contribution is 0.0747. The smallest absolute Gasteiger partial charge is 0.326 e. The first-order valence-electron chi connectivity index (χ1n) is 11.9. The number of amides is 3. The van der Waals surface area contributed by atoms with E-state index in [0.29, 0.717) is 30.9 Å². The second kappa shape index (κ2) is 10.00. The van der Waals surface area contributed by atoms with Crippen LogP contribution in [0.3, 0.4) is 0 Å². The predicted molar refractivity (Wildman–Crippen MR) is 142 cm³/mol. The molecule has 1 saturated heterocycles. The van der Waals surface area contributed by atoms with Crippen molar-refractivity contribution >= 4 is 40.8 Å². The number of hydrogen-bond acceptors (Lipinski definition) is 5. The molecule has 1 N–H and O–H groups in total. The number of hydrogen-bond donors (Lipinski definition) is 1. The zero-order valence-electron chi connectivity index (χ0n) is 20.0. The van der Waals surface area contributed by atoms with Crippen molar-refractivity contribution in [3.05, 3.63) is 77.5 Å². The Morgan fingerprint density at radius 3 is 2.34 bits per heavy atom. The molecule has 3 amide bonds. The maximum atomic E-state index is 13.1. The predicted octanol–water partition coefficient (Wildman–Crippen LogP) is 4.81.